The van der Waals surface area contributed by atoms with Crippen molar-refractivity contribution < 1.29 is 4.74 Å². The van der Waals surface area contributed by atoms with Crippen molar-refractivity contribution >= 4 is 17.4 Å². The largest absolute Gasteiger partial charge is 0.491 e. The minimum Gasteiger partial charge on any atom is -0.491 e. The van der Waals surface area contributed by atoms with E-state index in [9.17, 15) is 4.79 Å². The third kappa shape index (κ3) is 5.06. The number of aromatic amines is 1. The molecule has 3 heterocycles. The molecule has 3 aromatic rings. The molecule has 0 radical (unpaired) electrons. The molecule has 0 aliphatic carbocycles. The van der Waals surface area contributed by atoms with Gasteiger partial charge in [0.05, 0.1) is 5.02 Å². The first kappa shape index (κ1) is 21.3. The Hall–Kier alpha value is -2.90. The second-order valence-electron chi connectivity index (χ2n) is 7.64. The molecule has 0 unspecified atom stereocenters. The van der Waals surface area contributed by atoms with Gasteiger partial charge in [-0.3, -0.25) is 9.69 Å². The second-order valence-corrected chi connectivity index (χ2v) is 8.04. The van der Waals surface area contributed by atoms with Crippen molar-refractivity contribution in [3.8, 4) is 17.1 Å². The molecule has 1 aliphatic rings. The zero-order valence-corrected chi connectivity index (χ0v) is 18.5. The van der Waals surface area contributed by atoms with Crippen molar-refractivity contribution in [3.63, 3.8) is 0 Å². The first-order chi connectivity index (χ1) is 15.0. The molecule has 0 amide bonds. The summed E-state index contributed by atoms with van der Waals surface area (Å²) in [4.78, 5) is 28.6. The molecule has 8 heteroatoms. The maximum Gasteiger partial charge on any atom is 0.254 e. The Kier molecular flexibility index (Phi) is 6.53. The Morgan fingerprint density at radius 1 is 1.10 bits per heavy atom. The predicted octanol–water partition coefficient (Wildman–Crippen LogP) is 3.30. The summed E-state index contributed by atoms with van der Waals surface area (Å²) in [6, 6.07) is 11.5. The number of nitrogens with zero attached hydrogens (tertiary/aromatic N) is 4. The summed E-state index contributed by atoms with van der Waals surface area (Å²) in [7, 11) is 0. The molecule has 0 spiro atoms. The van der Waals surface area contributed by atoms with Gasteiger partial charge in [-0.1, -0.05) is 23.7 Å². The number of halogens is 1. The zero-order valence-electron chi connectivity index (χ0n) is 17.8. The number of anilines is 1. The van der Waals surface area contributed by atoms with Crippen molar-refractivity contribution in [1.82, 2.24) is 19.9 Å². The summed E-state index contributed by atoms with van der Waals surface area (Å²) in [6.45, 7) is 8.77. The van der Waals surface area contributed by atoms with E-state index in [1.54, 1.807) is 13.1 Å². The molecule has 0 bridgehead atoms. The Bertz CT molecular complexity index is 1090. The normalized spacial score (nSPS) is 14.6. The van der Waals surface area contributed by atoms with Crippen LogP contribution in [-0.4, -0.2) is 59.2 Å². The third-order valence-corrected chi connectivity index (χ3v) is 5.93. The number of aryl methyl sites for hydroxylation is 1. The first-order valence-corrected chi connectivity index (χ1v) is 10.8. The third-order valence-electron chi connectivity index (χ3n) is 5.61. The van der Waals surface area contributed by atoms with E-state index in [0.717, 1.165) is 55.5 Å². The van der Waals surface area contributed by atoms with E-state index in [2.05, 4.69) is 24.8 Å². The number of nitrogens with one attached hydrogen (secondary N) is 1. The van der Waals surface area contributed by atoms with E-state index < -0.39 is 0 Å². The van der Waals surface area contributed by atoms with Gasteiger partial charge >= 0.3 is 0 Å². The fourth-order valence-corrected chi connectivity index (χ4v) is 3.73. The molecular formula is C23H26ClN5O2. The predicted molar refractivity (Wildman–Crippen MR) is 123 cm³/mol. The molecule has 1 fully saturated rings. The van der Waals surface area contributed by atoms with Gasteiger partial charge < -0.3 is 14.6 Å². The number of piperazine rings is 1. The van der Waals surface area contributed by atoms with Crippen LogP contribution in [0.3, 0.4) is 0 Å². The average Bonchev–Trinajstić information content (AvgIpc) is 2.79. The number of ether oxygens (including phenoxy) is 1. The number of rotatable bonds is 6. The lowest BCUT2D eigenvalue weighted by atomic mass is 10.2. The van der Waals surface area contributed by atoms with Gasteiger partial charge in [-0.05, 0) is 38.1 Å². The molecule has 2 aromatic heterocycles. The van der Waals surface area contributed by atoms with E-state index in [-0.39, 0.29) is 5.56 Å². The lowest BCUT2D eigenvalue weighted by molar-refractivity contribution is 0.200. The first-order valence-electron chi connectivity index (χ1n) is 10.4. The smallest absolute Gasteiger partial charge is 0.254 e. The minimum absolute atomic E-state index is 0.110. The Morgan fingerprint density at radius 3 is 2.55 bits per heavy atom. The lowest BCUT2D eigenvalue weighted by Crippen LogP contribution is -2.47. The summed E-state index contributed by atoms with van der Waals surface area (Å²) in [5, 5.41) is 0.641. The molecular weight excluding hydrogens is 414 g/mol. The van der Waals surface area contributed by atoms with Crippen LogP contribution >= 0.6 is 11.6 Å². The van der Waals surface area contributed by atoms with Gasteiger partial charge in [0.2, 0.25) is 0 Å². The van der Waals surface area contributed by atoms with Crippen LogP contribution in [0.2, 0.25) is 5.02 Å². The number of para-hydroxylation sites is 1. The topological polar surface area (TPSA) is 74.4 Å². The molecule has 1 aromatic carbocycles. The van der Waals surface area contributed by atoms with Crippen molar-refractivity contribution in [2.24, 2.45) is 0 Å². The molecule has 162 valence electrons. The fourth-order valence-electron chi connectivity index (χ4n) is 3.54. The van der Waals surface area contributed by atoms with E-state index in [1.807, 2.05) is 43.3 Å². The number of hydrogen-bond acceptors (Lipinski definition) is 6. The van der Waals surface area contributed by atoms with Crippen LogP contribution in [-0.2, 0) is 0 Å². The Balaban J connectivity index is 1.30. The van der Waals surface area contributed by atoms with E-state index in [1.165, 1.54) is 0 Å². The summed E-state index contributed by atoms with van der Waals surface area (Å²) in [5.74, 6) is 2.21. The van der Waals surface area contributed by atoms with Crippen LogP contribution in [0.25, 0.3) is 11.4 Å². The highest BCUT2D eigenvalue weighted by Crippen LogP contribution is 2.23. The van der Waals surface area contributed by atoms with Gasteiger partial charge in [0, 0.05) is 55.7 Å². The number of pyridine rings is 1. The zero-order chi connectivity index (χ0) is 21.8. The van der Waals surface area contributed by atoms with Crippen molar-refractivity contribution in [1.29, 1.82) is 0 Å². The Labute approximate surface area is 186 Å². The quantitative estimate of drug-likeness (QED) is 0.635. The highest BCUT2D eigenvalue weighted by atomic mass is 35.5. The standard InChI is InChI=1S/C23H26ClN5O2/c1-16-17(2)26-22(27-23(16)30)18-7-8-21(25-15-18)29-11-9-28(10-12-29)13-14-31-20-6-4-3-5-19(20)24/h3-8,15H,9-14H2,1-2H3,(H,26,27,30). The van der Waals surface area contributed by atoms with Crippen LogP contribution in [0.4, 0.5) is 5.82 Å². The SMILES string of the molecule is Cc1nc(-c2ccc(N3CCN(CCOc4ccccc4Cl)CC3)nc2)[nH]c(=O)c1C. The Morgan fingerprint density at radius 2 is 1.87 bits per heavy atom. The molecule has 4 rings (SSSR count). The number of aromatic nitrogens is 3. The van der Waals surface area contributed by atoms with Crippen molar-refractivity contribution in [2.75, 3.05) is 44.2 Å². The van der Waals surface area contributed by atoms with Gasteiger partial charge in [-0.2, -0.15) is 0 Å². The molecule has 31 heavy (non-hydrogen) atoms. The minimum atomic E-state index is -0.110. The lowest BCUT2D eigenvalue weighted by Gasteiger charge is -2.35. The number of benzene rings is 1. The van der Waals surface area contributed by atoms with Crippen LogP contribution < -0.4 is 15.2 Å². The summed E-state index contributed by atoms with van der Waals surface area (Å²) >= 11 is 6.13. The highest BCUT2D eigenvalue weighted by Gasteiger charge is 2.18. The summed E-state index contributed by atoms with van der Waals surface area (Å²) in [6.07, 6.45) is 1.77. The van der Waals surface area contributed by atoms with Crippen LogP contribution in [0, 0.1) is 13.8 Å². The summed E-state index contributed by atoms with van der Waals surface area (Å²) < 4.78 is 5.80. The van der Waals surface area contributed by atoms with Crippen molar-refractivity contribution in [3.05, 3.63) is 69.2 Å². The van der Waals surface area contributed by atoms with E-state index in [0.29, 0.717) is 23.0 Å². The molecule has 1 N–H and O–H groups in total. The van der Waals surface area contributed by atoms with Crippen LogP contribution in [0.5, 0.6) is 5.75 Å². The molecule has 7 nitrogen and oxygen atoms in total. The maximum absolute atomic E-state index is 12.0. The average molecular weight is 440 g/mol. The monoisotopic (exact) mass is 439 g/mol. The number of hydrogen-bond donors (Lipinski definition) is 1. The highest BCUT2D eigenvalue weighted by molar-refractivity contribution is 6.32. The molecule has 1 aliphatic heterocycles. The van der Waals surface area contributed by atoms with Gasteiger partial charge in [0.25, 0.3) is 5.56 Å². The van der Waals surface area contributed by atoms with Gasteiger partial charge in [-0.25, -0.2) is 9.97 Å². The van der Waals surface area contributed by atoms with Gasteiger partial charge in [0.15, 0.2) is 0 Å². The van der Waals surface area contributed by atoms with Gasteiger partial charge in [0.1, 0.15) is 24.0 Å². The molecule has 1 saturated heterocycles. The second kappa shape index (κ2) is 9.49. The number of H-pyrrole nitrogens is 1. The van der Waals surface area contributed by atoms with E-state index in [4.69, 9.17) is 16.3 Å². The maximum atomic E-state index is 12.0. The molecule has 0 saturated carbocycles. The van der Waals surface area contributed by atoms with Crippen LogP contribution in [0.15, 0.2) is 47.4 Å². The van der Waals surface area contributed by atoms with Gasteiger partial charge in [-0.15, -0.1) is 0 Å². The fraction of sp³-hybridized carbons (Fsp3) is 0.348. The van der Waals surface area contributed by atoms with E-state index >= 15 is 0 Å². The molecule has 0 atom stereocenters. The summed E-state index contributed by atoms with van der Waals surface area (Å²) in [5.41, 5.74) is 2.07. The van der Waals surface area contributed by atoms with Crippen molar-refractivity contribution in [2.45, 2.75) is 13.8 Å². The van der Waals surface area contributed by atoms with Crippen LogP contribution in [0.1, 0.15) is 11.3 Å².